The molecule has 0 spiro atoms. The van der Waals surface area contributed by atoms with E-state index in [2.05, 4.69) is 37.5 Å². The highest BCUT2D eigenvalue weighted by atomic mass is 127. The Balaban J connectivity index is 0.00000243. The van der Waals surface area contributed by atoms with Crippen molar-refractivity contribution in [1.29, 1.82) is 0 Å². The van der Waals surface area contributed by atoms with E-state index in [0.717, 1.165) is 24.4 Å². The largest absolute Gasteiger partial charge is 0.357 e. The van der Waals surface area contributed by atoms with Gasteiger partial charge in [0.2, 0.25) is 0 Å². The molecule has 2 heterocycles. The van der Waals surface area contributed by atoms with E-state index in [9.17, 15) is 0 Å². The zero-order chi connectivity index (χ0) is 17.5. The van der Waals surface area contributed by atoms with E-state index in [1.54, 1.807) is 11.0 Å². The Hall–Kier alpha value is -0.900. The number of nitrogens with one attached hydrogen (secondary N) is 2. The molecule has 2 aliphatic rings. The third kappa shape index (κ3) is 6.07. The number of rotatable bonds is 5. The zero-order valence-corrected chi connectivity index (χ0v) is 18.5. The summed E-state index contributed by atoms with van der Waals surface area (Å²) >= 11 is 0. The number of halogens is 1. The standard InChI is InChI=1S/C18H33N7.HI/c1-3-19-18(20-13-17-21-14-22-24(17)2)23-15-9-11-25(12-10-15)16-7-5-4-6-8-16;/h14-16H,3-13H2,1-2H3,(H2,19,20,23);1H. The number of likely N-dealkylation sites (tertiary alicyclic amines) is 1. The summed E-state index contributed by atoms with van der Waals surface area (Å²) in [6, 6.07) is 1.35. The Morgan fingerprint density at radius 2 is 1.92 bits per heavy atom. The smallest absolute Gasteiger partial charge is 0.191 e. The van der Waals surface area contributed by atoms with Crippen LogP contribution in [0.2, 0.25) is 0 Å². The predicted molar refractivity (Wildman–Crippen MR) is 116 cm³/mol. The van der Waals surface area contributed by atoms with E-state index >= 15 is 0 Å². The molecule has 8 heteroatoms. The van der Waals surface area contributed by atoms with E-state index in [0.29, 0.717) is 12.6 Å². The average Bonchev–Trinajstić information content (AvgIpc) is 3.06. The summed E-state index contributed by atoms with van der Waals surface area (Å²) in [6.07, 6.45) is 11.1. The number of hydrogen-bond donors (Lipinski definition) is 2. The van der Waals surface area contributed by atoms with Crippen LogP contribution < -0.4 is 10.6 Å². The van der Waals surface area contributed by atoms with Crippen LogP contribution in [0.4, 0.5) is 0 Å². The monoisotopic (exact) mass is 475 g/mol. The maximum Gasteiger partial charge on any atom is 0.191 e. The van der Waals surface area contributed by atoms with E-state index in [-0.39, 0.29) is 24.0 Å². The van der Waals surface area contributed by atoms with Crippen LogP contribution in [0.25, 0.3) is 0 Å². The topological polar surface area (TPSA) is 70.4 Å². The highest BCUT2D eigenvalue weighted by Crippen LogP contribution is 2.25. The van der Waals surface area contributed by atoms with Crippen molar-refractivity contribution in [1.82, 2.24) is 30.3 Å². The van der Waals surface area contributed by atoms with Gasteiger partial charge in [-0.05, 0) is 32.6 Å². The Morgan fingerprint density at radius 1 is 1.19 bits per heavy atom. The Morgan fingerprint density at radius 3 is 2.54 bits per heavy atom. The quantitative estimate of drug-likeness (QED) is 0.389. The van der Waals surface area contributed by atoms with Gasteiger partial charge >= 0.3 is 0 Å². The molecule has 148 valence electrons. The first-order valence-electron chi connectivity index (χ1n) is 9.88. The molecule has 3 rings (SSSR count). The molecule has 2 fully saturated rings. The molecular formula is C18H34IN7. The van der Waals surface area contributed by atoms with E-state index in [1.165, 1.54) is 58.0 Å². The third-order valence-corrected chi connectivity index (χ3v) is 5.49. The SMILES string of the molecule is CCNC(=NCc1ncnn1C)NC1CCN(C2CCCCC2)CC1.I. The lowest BCUT2D eigenvalue weighted by atomic mass is 9.92. The summed E-state index contributed by atoms with van der Waals surface area (Å²) in [4.78, 5) is 11.6. The van der Waals surface area contributed by atoms with Crippen LogP contribution in [-0.4, -0.2) is 57.3 Å². The van der Waals surface area contributed by atoms with Crippen molar-refractivity contribution in [2.45, 2.75) is 70.5 Å². The second kappa shape index (κ2) is 11.1. The van der Waals surface area contributed by atoms with Gasteiger partial charge in [0.1, 0.15) is 18.7 Å². The minimum Gasteiger partial charge on any atom is -0.357 e. The predicted octanol–water partition coefficient (Wildman–Crippen LogP) is 2.29. The summed E-state index contributed by atoms with van der Waals surface area (Å²) in [7, 11) is 1.90. The Bertz CT molecular complexity index is 545. The molecule has 0 atom stereocenters. The summed E-state index contributed by atoms with van der Waals surface area (Å²) in [5.41, 5.74) is 0. The molecule has 0 radical (unpaired) electrons. The third-order valence-electron chi connectivity index (χ3n) is 5.49. The molecule has 26 heavy (non-hydrogen) atoms. The molecule has 1 aliphatic heterocycles. The zero-order valence-electron chi connectivity index (χ0n) is 16.2. The van der Waals surface area contributed by atoms with Gasteiger partial charge in [0.15, 0.2) is 5.96 Å². The number of aromatic nitrogens is 3. The van der Waals surface area contributed by atoms with Crippen molar-refractivity contribution < 1.29 is 0 Å². The highest BCUT2D eigenvalue weighted by Gasteiger charge is 2.26. The van der Waals surface area contributed by atoms with Crippen molar-refractivity contribution in [2.75, 3.05) is 19.6 Å². The molecule has 1 aromatic heterocycles. The molecular weight excluding hydrogens is 441 g/mol. The molecule has 1 saturated carbocycles. The van der Waals surface area contributed by atoms with Gasteiger partial charge in [-0.25, -0.2) is 9.98 Å². The van der Waals surface area contributed by atoms with Crippen LogP contribution in [-0.2, 0) is 13.6 Å². The fourth-order valence-electron chi connectivity index (χ4n) is 3.98. The van der Waals surface area contributed by atoms with Crippen LogP contribution in [0.15, 0.2) is 11.3 Å². The van der Waals surface area contributed by atoms with Crippen molar-refractivity contribution in [3.63, 3.8) is 0 Å². The van der Waals surface area contributed by atoms with Crippen LogP contribution in [0.3, 0.4) is 0 Å². The van der Waals surface area contributed by atoms with Gasteiger partial charge in [0.25, 0.3) is 0 Å². The van der Waals surface area contributed by atoms with E-state index < -0.39 is 0 Å². The summed E-state index contributed by atoms with van der Waals surface area (Å²) < 4.78 is 1.77. The summed E-state index contributed by atoms with van der Waals surface area (Å²) in [5.74, 6) is 1.77. The Kier molecular flexibility index (Phi) is 9.10. The van der Waals surface area contributed by atoms with Crippen LogP contribution in [0, 0.1) is 0 Å². The first kappa shape index (κ1) is 21.4. The van der Waals surface area contributed by atoms with Crippen LogP contribution >= 0.6 is 24.0 Å². The molecule has 0 amide bonds. The molecule has 0 aromatic carbocycles. The second-order valence-corrected chi connectivity index (χ2v) is 7.24. The van der Waals surface area contributed by atoms with Crippen molar-refractivity contribution >= 4 is 29.9 Å². The first-order chi connectivity index (χ1) is 12.3. The molecule has 1 aliphatic carbocycles. The maximum atomic E-state index is 4.68. The van der Waals surface area contributed by atoms with Crippen LogP contribution in [0.1, 0.15) is 57.7 Å². The van der Waals surface area contributed by atoms with Gasteiger partial charge in [-0.15, -0.1) is 24.0 Å². The minimum atomic E-state index is 0. The number of aliphatic imine (C=N–C) groups is 1. The molecule has 1 aromatic rings. The lowest BCUT2D eigenvalue weighted by molar-refractivity contribution is 0.119. The summed E-state index contributed by atoms with van der Waals surface area (Å²) in [5, 5.41) is 11.1. The van der Waals surface area contributed by atoms with Gasteiger partial charge in [-0.3, -0.25) is 4.68 Å². The van der Waals surface area contributed by atoms with Gasteiger partial charge in [0, 0.05) is 38.8 Å². The fraction of sp³-hybridized carbons (Fsp3) is 0.833. The van der Waals surface area contributed by atoms with Gasteiger partial charge in [-0.1, -0.05) is 19.3 Å². The molecule has 0 unspecified atom stereocenters. The lowest BCUT2D eigenvalue weighted by Crippen LogP contribution is -2.51. The van der Waals surface area contributed by atoms with Crippen LogP contribution in [0.5, 0.6) is 0 Å². The molecule has 2 N–H and O–H groups in total. The number of hydrogen-bond acceptors (Lipinski definition) is 4. The lowest BCUT2D eigenvalue weighted by Gasteiger charge is -2.39. The normalized spacial score (nSPS) is 20.6. The summed E-state index contributed by atoms with van der Waals surface area (Å²) in [6.45, 7) is 5.94. The number of piperidine rings is 1. The van der Waals surface area contributed by atoms with Gasteiger partial charge in [-0.2, -0.15) is 5.10 Å². The molecule has 7 nitrogen and oxygen atoms in total. The van der Waals surface area contributed by atoms with E-state index in [4.69, 9.17) is 0 Å². The second-order valence-electron chi connectivity index (χ2n) is 7.24. The van der Waals surface area contributed by atoms with E-state index in [1.807, 2.05) is 7.05 Å². The first-order valence-corrected chi connectivity index (χ1v) is 9.88. The molecule has 1 saturated heterocycles. The van der Waals surface area contributed by atoms with Gasteiger partial charge < -0.3 is 15.5 Å². The minimum absolute atomic E-state index is 0. The van der Waals surface area contributed by atoms with Gasteiger partial charge in [0.05, 0.1) is 0 Å². The average molecular weight is 475 g/mol. The Labute approximate surface area is 174 Å². The van der Waals surface area contributed by atoms with Crippen molar-refractivity contribution in [3.8, 4) is 0 Å². The van der Waals surface area contributed by atoms with Crippen molar-refractivity contribution in [2.24, 2.45) is 12.0 Å². The number of aryl methyl sites for hydroxylation is 1. The maximum absolute atomic E-state index is 4.68. The fourth-order valence-corrected chi connectivity index (χ4v) is 3.98. The molecule has 0 bridgehead atoms. The number of nitrogens with zero attached hydrogens (tertiary/aromatic N) is 5. The number of guanidine groups is 1. The van der Waals surface area contributed by atoms with Crippen molar-refractivity contribution in [3.05, 3.63) is 12.2 Å². The highest BCUT2D eigenvalue weighted by molar-refractivity contribution is 14.0.